The summed E-state index contributed by atoms with van der Waals surface area (Å²) in [6.07, 6.45) is 0. The Bertz CT molecular complexity index is 318. The molecular formula is C6H4ClF2NO. The largest absolute Gasteiger partial charge is 0.300 e. The van der Waals surface area contributed by atoms with Gasteiger partial charge in [-0.3, -0.25) is 9.36 Å². The lowest BCUT2D eigenvalue weighted by atomic mass is 10.4. The van der Waals surface area contributed by atoms with Gasteiger partial charge < -0.3 is 0 Å². The van der Waals surface area contributed by atoms with E-state index in [4.69, 9.17) is 11.6 Å². The van der Waals surface area contributed by atoms with Crippen molar-refractivity contribution in [2.75, 3.05) is 0 Å². The van der Waals surface area contributed by atoms with Crippen LogP contribution in [0.1, 0.15) is 0 Å². The van der Waals surface area contributed by atoms with Crippen LogP contribution in [0.2, 0.25) is 5.15 Å². The van der Waals surface area contributed by atoms with Crippen molar-refractivity contribution in [1.82, 2.24) is 4.57 Å². The number of aromatic nitrogens is 1. The van der Waals surface area contributed by atoms with Crippen LogP contribution in [-0.2, 0) is 7.05 Å². The Labute approximate surface area is 66.0 Å². The molecule has 2 nitrogen and oxygen atoms in total. The fourth-order valence-corrected chi connectivity index (χ4v) is 0.784. The maximum atomic E-state index is 12.4. The first-order valence-electron chi connectivity index (χ1n) is 2.74. The number of halogens is 3. The topological polar surface area (TPSA) is 22.0 Å². The van der Waals surface area contributed by atoms with Gasteiger partial charge in [0.05, 0.1) is 0 Å². The zero-order valence-electron chi connectivity index (χ0n) is 5.57. The summed E-state index contributed by atoms with van der Waals surface area (Å²) >= 11 is 5.35. The molecule has 0 atom stereocenters. The third-order valence-corrected chi connectivity index (χ3v) is 1.63. The molecule has 1 heterocycles. The highest BCUT2D eigenvalue weighted by molar-refractivity contribution is 6.29. The van der Waals surface area contributed by atoms with Crippen molar-refractivity contribution >= 4 is 11.6 Å². The Kier molecular flexibility index (Phi) is 1.95. The van der Waals surface area contributed by atoms with Crippen LogP contribution >= 0.6 is 11.6 Å². The predicted molar refractivity (Wildman–Crippen MR) is 36.6 cm³/mol. The van der Waals surface area contributed by atoms with E-state index in [0.717, 1.165) is 10.6 Å². The van der Waals surface area contributed by atoms with Crippen molar-refractivity contribution in [3.05, 3.63) is 33.2 Å². The predicted octanol–water partition coefficient (Wildman–Crippen LogP) is 1.32. The standard InChI is InChI=1S/C6H4ClF2NO/c1-10-4(7)2-3(8)5(9)6(10)11/h2H,1H3. The summed E-state index contributed by atoms with van der Waals surface area (Å²) in [5.41, 5.74) is -1.06. The second-order valence-electron chi connectivity index (χ2n) is 1.99. The van der Waals surface area contributed by atoms with Crippen molar-refractivity contribution in [3.8, 4) is 0 Å². The molecule has 1 aromatic heterocycles. The van der Waals surface area contributed by atoms with Crippen LogP contribution in [0.4, 0.5) is 8.78 Å². The molecule has 0 aliphatic rings. The van der Waals surface area contributed by atoms with Gasteiger partial charge in [-0.25, -0.2) is 4.39 Å². The summed E-state index contributed by atoms with van der Waals surface area (Å²) in [6, 6.07) is 0.748. The van der Waals surface area contributed by atoms with Gasteiger partial charge in [0.25, 0.3) is 5.56 Å². The molecule has 0 N–H and O–H groups in total. The van der Waals surface area contributed by atoms with Gasteiger partial charge in [-0.15, -0.1) is 0 Å². The smallest absolute Gasteiger partial charge is 0.290 e. The molecule has 11 heavy (non-hydrogen) atoms. The second kappa shape index (κ2) is 2.62. The molecule has 0 saturated heterocycles. The van der Waals surface area contributed by atoms with Crippen LogP contribution < -0.4 is 5.56 Å². The molecule has 1 rings (SSSR count). The molecule has 0 amide bonds. The van der Waals surface area contributed by atoms with Gasteiger partial charge >= 0.3 is 0 Å². The van der Waals surface area contributed by atoms with E-state index in [9.17, 15) is 13.6 Å². The second-order valence-corrected chi connectivity index (χ2v) is 2.38. The molecule has 0 aliphatic heterocycles. The first-order chi connectivity index (χ1) is 5.04. The van der Waals surface area contributed by atoms with Crippen LogP contribution in [0.25, 0.3) is 0 Å². The van der Waals surface area contributed by atoms with E-state index >= 15 is 0 Å². The van der Waals surface area contributed by atoms with Gasteiger partial charge in [0, 0.05) is 13.1 Å². The molecule has 0 aromatic carbocycles. The van der Waals surface area contributed by atoms with E-state index in [0.29, 0.717) is 0 Å². The first-order valence-corrected chi connectivity index (χ1v) is 3.12. The Hall–Kier alpha value is -0.900. The van der Waals surface area contributed by atoms with E-state index in [-0.39, 0.29) is 5.15 Å². The summed E-state index contributed by atoms with van der Waals surface area (Å²) in [6.45, 7) is 0. The quantitative estimate of drug-likeness (QED) is 0.551. The van der Waals surface area contributed by atoms with Crippen molar-refractivity contribution in [2.24, 2.45) is 7.05 Å². The van der Waals surface area contributed by atoms with Crippen LogP contribution in [0, 0.1) is 11.6 Å². The van der Waals surface area contributed by atoms with Gasteiger partial charge in [0.1, 0.15) is 5.15 Å². The summed E-state index contributed by atoms with van der Waals surface area (Å²) in [5.74, 6) is -2.63. The lowest BCUT2D eigenvalue weighted by molar-refractivity contribution is 0.485. The van der Waals surface area contributed by atoms with Crippen molar-refractivity contribution < 1.29 is 8.78 Å². The van der Waals surface area contributed by atoms with Crippen LogP contribution in [0.3, 0.4) is 0 Å². The fourth-order valence-electron chi connectivity index (χ4n) is 0.611. The first kappa shape index (κ1) is 8.20. The van der Waals surface area contributed by atoms with E-state index in [1.807, 2.05) is 0 Å². The van der Waals surface area contributed by atoms with E-state index in [1.54, 1.807) is 0 Å². The maximum Gasteiger partial charge on any atom is 0.290 e. The molecule has 5 heteroatoms. The Morgan fingerprint density at radius 2 is 2.09 bits per heavy atom. The molecule has 0 fully saturated rings. The minimum absolute atomic E-state index is 0.131. The molecule has 0 saturated carbocycles. The minimum atomic E-state index is -1.41. The highest BCUT2D eigenvalue weighted by Gasteiger charge is 2.10. The van der Waals surface area contributed by atoms with Crippen molar-refractivity contribution in [3.63, 3.8) is 0 Å². The molecular weight excluding hydrogens is 176 g/mol. The summed E-state index contributed by atoms with van der Waals surface area (Å²) < 4.78 is 25.6. The highest BCUT2D eigenvalue weighted by atomic mass is 35.5. The normalized spacial score (nSPS) is 10.2. The van der Waals surface area contributed by atoms with Crippen LogP contribution in [0.15, 0.2) is 10.9 Å². The monoisotopic (exact) mass is 179 g/mol. The van der Waals surface area contributed by atoms with Gasteiger partial charge in [0.15, 0.2) is 5.82 Å². The fraction of sp³-hybridized carbons (Fsp3) is 0.167. The van der Waals surface area contributed by atoms with Gasteiger partial charge in [-0.2, -0.15) is 4.39 Å². The van der Waals surface area contributed by atoms with Crippen molar-refractivity contribution in [1.29, 1.82) is 0 Å². The van der Waals surface area contributed by atoms with E-state index in [2.05, 4.69) is 0 Å². The van der Waals surface area contributed by atoms with Gasteiger partial charge in [-0.05, 0) is 0 Å². The SMILES string of the molecule is Cn1c(Cl)cc(F)c(F)c1=O. The molecule has 1 aromatic rings. The highest BCUT2D eigenvalue weighted by Crippen LogP contribution is 2.08. The Balaban J connectivity index is 3.59. The van der Waals surface area contributed by atoms with E-state index < -0.39 is 17.2 Å². The average Bonchev–Trinajstić information content (AvgIpc) is 1.97. The third kappa shape index (κ3) is 1.26. The molecule has 60 valence electrons. The number of rotatable bonds is 0. The lowest BCUT2D eigenvalue weighted by Gasteiger charge is -2.00. The zero-order chi connectivity index (χ0) is 8.59. The molecule has 0 spiro atoms. The Morgan fingerprint density at radius 3 is 2.64 bits per heavy atom. The maximum absolute atomic E-state index is 12.4. The molecule has 0 aliphatic carbocycles. The molecule has 0 bridgehead atoms. The van der Waals surface area contributed by atoms with Crippen LogP contribution in [0.5, 0.6) is 0 Å². The van der Waals surface area contributed by atoms with E-state index in [1.165, 1.54) is 7.05 Å². The Morgan fingerprint density at radius 1 is 1.55 bits per heavy atom. The minimum Gasteiger partial charge on any atom is -0.300 e. The number of hydrogen-bond acceptors (Lipinski definition) is 1. The van der Waals surface area contributed by atoms with Crippen molar-refractivity contribution in [2.45, 2.75) is 0 Å². The number of nitrogens with zero attached hydrogens (tertiary/aromatic N) is 1. The number of pyridine rings is 1. The average molecular weight is 180 g/mol. The summed E-state index contributed by atoms with van der Waals surface area (Å²) in [7, 11) is 1.26. The summed E-state index contributed by atoms with van der Waals surface area (Å²) in [5, 5.41) is -0.131. The third-order valence-electron chi connectivity index (χ3n) is 1.27. The zero-order valence-corrected chi connectivity index (χ0v) is 6.32. The molecule has 0 unspecified atom stereocenters. The van der Waals surface area contributed by atoms with Gasteiger partial charge in [0.2, 0.25) is 5.82 Å². The van der Waals surface area contributed by atoms with Crippen LogP contribution in [-0.4, -0.2) is 4.57 Å². The van der Waals surface area contributed by atoms with Gasteiger partial charge in [-0.1, -0.05) is 11.6 Å². The number of hydrogen-bond donors (Lipinski definition) is 0. The lowest BCUT2D eigenvalue weighted by Crippen LogP contribution is -2.21. The molecule has 0 radical (unpaired) electrons. The summed E-state index contributed by atoms with van der Waals surface area (Å²) in [4.78, 5) is 10.7.